The third kappa shape index (κ3) is 2.00. The first-order chi connectivity index (χ1) is 8.88. The van der Waals surface area contributed by atoms with Gasteiger partial charge in [0.15, 0.2) is 11.5 Å². The fraction of sp³-hybridized carbons (Fsp3) is 0.538. The van der Waals surface area contributed by atoms with Gasteiger partial charge in [-0.2, -0.15) is 0 Å². The Morgan fingerprint density at radius 3 is 2.89 bits per heavy atom. The van der Waals surface area contributed by atoms with E-state index in [9.17, 15) is 0 Å². The number of imidazole rings is 1. The Morgan fingerprint density at radius 1 is 1.28 bits per heavy atom. The van der Waals surface area contributed by atoms with Crippen LogP contribution >= 0.6 is 0 Å². The predicted octanol–water partition coefficient (Wildman–Crippen LogP) is 2.15. The summed E-state index contributed by atoms with van der Waals surface area (Å²) in [6, 6.07) is 0. The molecule has 1 fully saturated rings. The summed E-state index contributed by atoms with van der Waals surface area (Å²) in [5, 5.41) is 3.28. The number of rotatable bonds is 3. The molecule has 2 aromatic rings. The molecule has 0 bridgehead atoms. The standard InChI is InChI=1S/C13H19N5/c1-2-14-11-10-18-9-6-15-12(18)13(16-11)17-7-4-3-5-8-17/h6,9-10,14H,2-5,7-8H2,1H3. The lowest BCUT2D eigenvalue weighted by atomic mass is 10.1. The molecule has 96 valence electrons. The summed E-state index contributed by atoms with van der Waals surface area (Å²) in [5.41, 5.74) is 0.957. The maximum Gasteiger partial charge on any atom is 0.180 e. The maximum absolute atomic E-state index is 4.72. The monoisotopic (exact) mass is 245 g/mol. The Hall–Kier alpha value is -1.78. The topological polar surface area (TPSA) is 45.5 Å². The summed E-state index contributed by atoms with van der Waals surface area (Å²) in [6.45, 7) is 5.14. The van der Waals surface area contributed by atoms with Crippen molar-refractivity contribution in [2.24, 2.45) is 0 Å². The fourth-order valence-electron chi connectivity index (χ4n) is 2.50. The minimum atomic E-state index is 0.882. The highest BCUT2D eigenvalue weighted by Gasteiger charge is 2.17. The minimum absolute atomic E-state index is 0.882. The van der Waals surface area contributed by atoms with Crippen molar-refractivity contribution in [3.63, 3.8) is 0 Å². The average molecular weight is 245 g/mol. The van der Waals surface area contributed by atoms with Crippen molar-refractivity contribution in [1.82, 2.24) is 14.4 Å². The van der Waals surface area contributed by atoms with E-state index >= 15 is 0 Å². The molecule has 1 saturated heterocycles. The van der Waals surface area contributed by atoms with Gasteiger partial charge >= 0.3 is 0 Å². The zero-order valence-corrected chi connectivity index (χ0v) is 10.8. The van der Waals surface area contributed by atoms with Crippen molar-refractivity contribution in [2.75, 3.05) is 29.9 Å². The summed E-state index contributed by atoms with van der Waals surface area (Å²) in [7, 11) is 0. The Bertz CT molecular complexity index is 527. The Balaban J connectivity index is 2.03. The molecule has 0 aliphatic carbocycles. The van der Waals surface area contributed by atoms with Gasteiger partial charge in [0, 0.05) is 32.0 Å². The lowest BCUT2D eigenvalue weighted by Crippen LogP contribution is -2.30. The summed E-state index contributed by atoms with van der Waals surface area (Å²) >= 11 is 0. The molecule has 0 saturated carbocycles. The number of nitrogens with one attached hydrogen (secondary N) is 1. The first-order valence-corrected chi connectivity index (χ1v) is 6.71. The molecule has 5 heteroatoms. The van der Waals surface area contributed by atoms with Crippen LogP contribution in [0.5, 0.6) is 0 Å². The van der Waals surface area contributed by atoms with Crippen molar-refractivity contribution in [3.05, 3.63) is 18.6 Å². The normalized spacial score (nSPS) is 16.2. The third-order valence-corrected chi connectivity index (χ3v) is 3.37. The van der Waals surface area contributed by atoms with E-state index in [1.54, 1.807) is 0 Å². The van der Waals surface area contributed by atoms with Gasteiger partial charge in [0.25, 0.3) is 0 Å². The van der Waals surface area contributed by atoms with Gasteiger partial charge in [-0.05, 0) is 26.2 Å². The van der Waals surface area contributed by atoms with E-state index in [4.69, 9.17) is 4.98 Å². The lowest BCUT2D eigenvalue weighted by molar-refractivity contribution is 0.574. The number of nitrogens with zero attached hydrogens (tertiary/aromatic N) is 4. The second kappa shape index (κ2) is 4.84. The summed E-state index contributed by atoms with van der Waals surface area (Å²) in [4.78, 5) is 11.5. The van der Waals surface area contributed by atoms with Crippen LogP contribution in [0, 0.1) is 0 Å². The van der Waals surface area contributed by atoms with Gasteiger partial charge in [0.2, 0.25) is 0 Å². The largest absolute Gasteiger partial charge is 0.369 e. The van der Waals surface area contributed by atoms with Crippen molar-refractivity contribution in [3.8, 4) is 0 Å². The summed E-state index contributed by atoms with van der Waals surface area (Å²) in [5.74, 6) is 1.93. The molecular formula is C13H19N5. The average Bonchev–Trinajstić information content (AvgIpc) is 2.87. The van der Waals surface area contributed by atoms with E-state index in [0.717, 1.165) is 36.9 Å². The molecule has 3 heterocycles. The quantitative estimate of drug-likeness (QED) is 0.900. The SMILES string of the molecule is CCNc1cn2ccnc2c(N2CCCCC2)n1. The highest BCUT2D eigenvalue weighted by molar-refractivity contribution is 5.66. The van der Waals surface area contributed by atoms with Crippen LogP contribution in [0.2, 0.25) is 0 Å². The molecule has 0 unspecified atom stereocenters. The number of hydrogen-bond donors (Lipinski definition) is 1. The van der Waals surface area contributed by atoms with Crippen LogP contribution in [0.3, 0.4) is 0 Å². The van der Waals surface area contributed by atoms with E-state index in [2.05, 4.69) is 26.5 Å². The van der Waals surface area contributed by atoms with Crippen LogP contribution in [0.15, 0.2) is 18.6 Å². The van der Waals surface area contributed by atoms with E-state index in [1.807, 2.05) is 18.6 Å². The third-order valence-electron chi connectivity index (χ3n) is 3.37. The zero-order chi connectivity index (χ0) is 12.4. The van der Waals surface area contributed by atoms with Crippen LogP contribution < -0.4 is 10.2 Å². The zero-order valence-electron chi connectivity index (χ0n) is 10.8. The summed E-state index contributed by atoms with van der Waals surface area (Å²) in [6.07, 6.45) is 9.64. The van der Waals surface area contributed by atoms with Gasteiger partial charge in [-0.1, -0.05) is 0 Å². The number of piperidine rings is 1. The maximum atomic E-state index is 4.72. The molecular weight excluding hydrogens is 226 g/mol. The van der Waals surface area contributed by atoms with Crippen molar-refractivity contribution >= 4 is 17.3 Å². The molecule has 1 aliphatic heterocycles. The van der Waals surface area contributed by atoms with Gasteiger partial charge in [0.1, 0.15) is 5.82 Å². The van der Waals surface area contributed by atoms with E-state index < -0.39 is 0 Å². The molecule has 5 nitrogen and oxygen atoms in total. The van der Waals surface area contributed by atoms with Crippen LogP contribution in [0.1, 0.15) is 26.2 Å². The molecule has 0 amide bonds. The molecule has 0 atom stereocenters. The predicted molar refractivity (Wildman–Crippen MR) is 73.2 cm³/mol. The van der Waals surface area contributed by atoms with E-state index in [0.29, 0.717) is 0 Å². The van der Waals surface area contributed by atoms with Crippen LogP contribution in [0.4, 0.5) is 11.6 Å². The molecule has 0 radical (unpaired) electrons. The van der Waals surface area contributed by atoms with Crippen LogP contribution in [-0.4, -0.2) is 34.0 Å². The van der Waals surface area contributed by atoms with Gasteiger partial charge in [-0.15, -0.1) is 0 Å². The molecule has 2 aromatic heterocycles. The highest BCUT2D eigenvalue weighted by Crippen LogP contribution is 2.23. The first-order valence-electron chi connectivity index (χ1n) is 6.71. The second-order valence-electron chi connectivity index (χ2n) is 4.69. The molecule has 0 aromatic carbocycles. The van der Waals surface area contributed by atoms with Crippen molar-refractivity contribution in [2.45, 2.75) is 26.2 Å². The van der Waals surface area contributed by atoms with Gasteiger partial charge in [-0.25, -0.2) is 9.97 Å². The summed E-state index contributed by atoms with van der Waals surface area (Å²) < 4.78 is 2.05. The number of fused-ring (bicyclic) bond motifs is 1. The number of hydrogen-bond acceptors (Lipinski definition) is 4. The number of anilines is 2. The number of aromatic nitrogens is 3. The molecule has 18 heavy (non-hydrogen) atoms. The smallest absolute Gasteiger partial charge is 0.180 e. The Labute approximate surface area is 107 Å². The lowest BCUT2D eigenvalue weighted by Gasteiger charge is -2.28. The molecule has 1 N–H and O–H groups in total. The van der Waals surface area contributed by atoms with Crippen LogP contribution in [0.25, 0.3) is 5.65 Å². The molecule has 1 aliphatic rings. The molecule has 3 rings (SSSR count). The van der Waals surface area contributed by atoms with E-state index in [-0.39, 0.29) is 0 Å². The van der Waals surface area contributed by atoms with Gasteiger partial charge < -0.3 is 14.6 Å². The Kier molecular flexibility index (Phi) is 3.04. The molecule has 0 spiro atoms. The fourth-order valence-corrected chi connectivity index (χ4v) is 2.50. The Morgan fingerprint density at radius 2 is 2.11 bits per heavy atom. The van der Waals surface area contributed by atoms with Crippen molar-refractivity contribution in [1.29, 1.82) is 0 Å². The minimum Gasteiger partial charge on any atom is -0.369 e. The van der Waals surface area contributed by atoms with Gasteiger partial charge in [-0.3, -0.25) is 0 Å². The van der Waals surface area contributed by atoms with Crippen LogP contribution in [-0.2, 0) is 0 Å². The van der Waals surface area contributed by atoms with Gasteiger partial charge in [0.05, 0.1) is 6.20 Å². The van der Waals surface area contributed by atoms with E-state index in [1.165, 1.54) is 19.3 Å². The first kappa shape index (κ1) is 11.3. The highest BCUT2D eigenvalue weighted by atomic mass is 15.2. The second-order valence-corrected chi connectivity index (χ2v) is 4.69. The van der Waals surface area contributed by atoms with Crippen molar-refractivity contribution < 1.29 is 0 Å².